The number of benzene rings is 1. The molecule has 3 heterocycles. The molecule has 4 rings (SSSR count). The van der Waals surface area contributed by atoms with E-state index in [9.17, 15) is 14.0 Å². The Balaban J connectivity index is 1.50. The summed E-state index contributed by atoms with van der Waals surface area (Å²) in [6.07, 6.45) is 1.23. The molecule has 1 spiro atoms. The minimum Gasteiger partial charge on any atom is -0.355 e. The SMILES string of the molecule is CN(C)C1=NC2(CCN(Cc3cc(=O)c4cccc(F)c4[nH]3)CC2)C(=O)N1. The summed E-state index contributed by atoms with van der Waals surface area (Å²) < 4.78 is 14.0. The predicted molar refractivity (Wildman–Crippen MR) is 101 cm³/mol. The first-order valence-electron chi connectivity index (χ1n) is 8.99. The lowest BCUT2D eigenvalue weighted by atomic mass is 9.88. The van der Waals surface area contributed by atoms with E-state index >= 15 is 0 Å². The van der Waals surface area contributed by atoms with Gasteiger partial charge in [0.25, 0.3) is 5.91 Å². The van der Waals surface area contributed by atoms with Crippen LogP contribution < -0.4 is 10.7 Å². The highest BCUT2D eigenvalue weighted by atomic mass is 19.1. The standard InChI is InChI=1S/C19H22FN5O2/c1-24(2)18-22-17(27)19(23-18)6-8-25(9-7-19)11-12-10-15(26)13-4-3-5-14(20)16(13)21-12/h3-5,10H,6-9,11H2,1-2H3,(H,21,26)(H,22,23,27). The largest absolute Gasteiger partial charge is 0.355 e. The smallest absolute Gasteiger partial charge is 0.254 e. The molecular weight excluding hydrogens is 349 g/mol. The lowest BCUT2D eigenvalue weighted by molar-refractivity contribution is -0.125. The number of nitrogens with one attached hydrogen (secondary N) is 2. The Bertz CT molecular complexity index is 989. The molecule has 8 heteroatoms. The van der Waals surface area contributed by atoms with E-state index in [1.807, 2.05) is 14.1 Å². The second-order valence-corrected chi connectivity index (χ2v) is 7.41. The third-order valence-electron chi connectivity index (χ3n) is 5.34. The highest BCUT2D eigenvalue weighted by Gasteiger charge is 2.46. The number of hydrogen-bond acceptors (Lipinski definition) is 5. The summed E-state index contributed by atoms with van der Waals surface area (Å²) in [6.45, 7) is 1.85. The lowest BCUT2D eigenvalue weighted by Crippen LogP contribution is -2.49. The molecule has 2 N–H and O–H groups in total. The maximum atomic E-state index is 14.0. The zero-order valence-electron chi connectivity index (χ0n) is 15.4. The second-order valence-electron chi connectivity index (χ2n) is 7.41. The van der Waals surface area contributed by atoms with Crippen molar-refractivity contribution in [1.82, 2.24) is 20.1 Å². The molecule has 1 aromatic carbocycles. The fourth-order valence-electron chi connectivity index (χ4n) is 3.75. The molecule has 0 radical (unpaired) electrons. The fraction of sp³-hybridized carbons (Fsp3) is 0.421. The van der Waals surface area contributed by atoms with Gasteiger partial charge in [0.2, 0.25) is 5.96 Å². The van der Waals surface area contributed by atoms with E-state index in [1.54, 1.807) is 11.0 Å². The number of aromatic amines is 1. The molecule has 0 aliphatic carbocycles. The summed E-state index contributed by atoms with van der Waals surface area (Å²) in [5, 5.41) is 3.19. The number of guanidine groups is 1. The van der Waals surface area contributed by atoms with Gasteiger partial charge in [-0.2, -0.15) is 0 Å². The highest BCUT2D eigenvalue weighted by molar-refractivity contribution is 6.07. The van der Waals surface area contributed by atoms with Crippen LogP contribution in [0.15, 0.2) is 34.1 Å². The van der Waals surface area contributed by atoms with Crippen molar-refractivity contribution < 1.29 is 9.18 Å². The molecule has 2 aliphatic rings. The number of halogens is 1. The van der Waals surface area contributed by atoms with Gasteiger partial charge >= 0.3 is 0 Å². The van der Waals surface area contributed by atoms with Gasteiger partial charge in [0.15, 0.2) is 5.43 Å². The summed E-state index contributed by atoms with van der Waals surface area (Å²) >= 11 is 0. The number of para-hydroxylation sites is 1. The molecule has 2 aromatic rings. The monoisotopic (exact) mass is 371 g/mol. The van der Waals surface area contributed by atoms with Crippen LogP contribution in [-0.4, -0.2) is 59.4 Å². The van der Waals surface area contributed by atoms with Gasteiger partial charge in [-0.15, -0.1) is 0 Å². The fourth-order valence-corrected chi connectivity index (χ4v) is 3.75. The Morgan fingerprint density at radius 3 is 2.67 bits per heavy atom. The summed E-state index contributed by atoms with van der Waals surface area (Å²) in [5.74, 6) is 0.118. The molecule has 142 valence electrons. The third kappa shape index (κ3) is 3.10. The summed E-state index contributed by atoms with van der Waals surface area (Å²) in [5.41, 5.74) is 0.0202. The van der Waals surface area contributed by atoms with Crippen molar-refractivity contribution >= 4 is 22.8 Å². The summed E-state index contributed by atoms with van der Waals surface area (Å²) in [6, 6.07) is 6.01. The maximum absolute atomic E-state index is 14.0. The van der Waals surface area contributed by atoms with E-state index in [4.69, 9.17) is 0 Å². The van der Waals surface area contributed by atoms with Gasteiger partial charge in [0.05, 0.1) is 5.52 Å². The normalized spacial score (nSPS) is 19.4. The van der Waals surface area contributed by atoms with Gasteiger partial charge < -0.3 is 9.88 Å². The van der Waals surface area contributed by atoms with Crippen molar-refractivity contribution in [3.8, 4) is 0 Å². The molecule has 1 aromatic heterocycles. The average Bonchev–Trinajstić information content (AvgIpc) is 2.95. The van der Waals surface area contributed by atoms with Gasteiger partial charge in [-0.25, -0.2) is 9.38 Å². The van der Waals surface area contributed by atoms with Crippen LogP contribution in [-0.2, 0) is 11.3 Å². The van der Waals surface area contributed by atoms with Crippen LogP contribution in [0.1, 0.15) is 18.5 Å². The molecule has 0 unspecified atom stereocenters. The van der Waals surface area contributed by atoms with Crippen molar-refractivity contribution in [3.05, 3.63) is 46.0 Å². The number of likely N-dealkylation sites (tertiary alicyclic amines) is 1. The van der Waals surface area contributed by atoms with Gasteiger partial charge in [-0.05, 0) is 25.0 Å². The average molecular weight is 371 g/mol. The van der Waals surface area contributed by atoms with Gasteiger partial charge in [-0.3, -0.25) is 19.8 Å². The van der Waals surface area contributed by atoms with Crippen LogP contribution >= 0.6 is 0 Å². The Morgan fingerprint density at radius 2 is 2.00 bits per heavy atom. The van der Waals surface area contributed by atoms with Crippen LogP contribution in [0.4, 0.5) is 4.39 Å². The Labute approximate surface area is 155 Å². The molecule has 1 amide bonds. The maximum Gasteiger partial charge on any atom is 0.254 e. The van der Waals surface area contributed by atoms with Crippen LogP contribution in [0.2, 0.25) is 0 Å². The predicted octanol–water partition coefficient (Wildman–Crippen LogP) is 1.05. The van der Waals surface area contributed by atoms with Gasteiger partial charge in [0, 0.05) is 50.9 Å². The van der Waals surface area contributed by atoms with E-state index in [1.165, 1.54) is 18.2 Å². The number of aliphatic imine (C=N–C) groups is 1. The zero-order chi connectivity index (χ0) is 19.2. The number of H-pyrrole nitrogens is 1. The quantitative estimate of drug-likeness (QED) is 0.827. The van der Waals surface area contributed by atoms with E-state index < -0.39 is 11.4 Å². The van der Waals surface area contributed by atoms with Crippen molar-refractivity contribution in [2.75, 3.05) is 27.2 Å². The second kappa shape index (κ2) is 6.45. The number of carbonyl (C=O) groups excluding carboxylic acids is 1. The molecule has 7 nitrogen and oxygen atoms in total. The first kappa shape index (κ1) is 17.7. The molecule has 1 fully saturated rings. The number of aromatic nitrogens is 1. The van der Waals surface area contributed by atoms with Crippen LogP contribution in [0, 0.1) is 5.82 Å². The lowest BCUT2D eigenvalue weighted by Gasteiger charge is -2.35. The highest BCUT2D eigenvalue weighted by Crippen LogP contribution is 2.30. The van der Waals surface area contributed by atoms with E-state index in [2.05, 4.69) is 20.2 Å². The number of piperidine rings is 1. The molecule has 27 heavy (non-hydrogen) atoms. The molecule has 0 saturated carbocycles. The van der Waals surface area contributed by atoms with Crippen molar-refractivity contribution in [2.24, 2.45) is 4.99 Å². The van der Waals surface area contributed by atoms with Crippen LogP contribution in [0.25, 0.3) is 10.9 Å². The number of carbonyl (C=O) groups is 1. The Hall–Kier alpha value is -2.74. The minimum atomic E-state index is -0.695. The van der Waals surface area contributed by atoms with Crippen molar-refractivity contribution in [1.29, 1.82) is 0 Å². The molecular formula is C19H22FN5O2. The first-order chi connectivity index (χ1) is 12.9. The minimum absolute atomic E-state index is 0.0490. The first-order valence-corrected chi connectivity index (χ1v) is 8.99. The number of rotatable bonds is 2. The molecule has 2 aliphatic heterocycles. The number of amides is 1. The van der Waals surface area contributed by atoms with Gasteiger partial charge in [-0.1, -0.05) is 6.07 Å². The van der Waals surface area contributed by atoms with E-state index in [-0.39, 0.29) is 16.9 Å². The van der Waals surface area contributed by atoms with E-state index in [0.717, 1.165) is 0 Å². The topological polar surface area (TPSA) is 80.8 Å². The number of hydrogen-bond donors (Lipinski definition) is 2. The van der Waals surface area contributed by atoms with Gasteiger partial charge in [0.1, 0.15) is 11.4 Å². The summed E-state index contributed by atoms with van der Waals surface area (Å²) in [4.78, 5) is 36.3. The van der Waals surface area contributed by atoms with Crippen molar-refractivity contribution in [3.63, 3.8) is 0 Å². The molecule has 1 saturated heterocycles. The Morgan fingerprint density at radius 1 is 1.26 bits per heavy atom. The Kier molecular flexibility index (Phi) is 4.22. The van der Waals surface area contributed by atoms with Crippen LogP contribution in [0.5, 0.6) is 0 Å². The number of nitrogens with zero attached hydrogens (tertiary/aromatic N) is 3. The van der Waals surface area contributed by atoms with Crippen LogP contribution in [0.3, 0.4) is 0 Å². The van der Waals surface area contributed by atoms with Crippen molar-refractivity contribution in [2.45, 2.75) is 24.9 Å². The summed E-state index contributed by atoms with van der Waals surface area (Å²) in [7, 11) is 3.70. The molecule has 0 atom stereocenters. The molecule has 0 bridgehead atoms. The zero-order valence-corrected chi connectivity index (χ0v) is 15.4. The number of fused-ring (bicyclic) bond motifs is 1. The third-order valence-corrected chi connectivity index (χ3v) is 5.34. The number of pyridine rings is 1. The van der Waals surface area contributed by atoms with E-state index in [0.29, 0.717) is 49.5 Å².